The summed E-state index contributed by atoms with van der Waals surface area (Å²) in [6.45, 7) is 0. The molecule has 0 amide bonds. The number of carbonyl (C=O) groups is 1. The third-order valence-electron chi connectivity index (χ3n) is 1.93. The Hall–Kier alpha value is -0.460. The number of rotatable bonds is 2. The summed E-state index contributed by atoms with van der Waals surface area (Å²) >= 11 is 4.74. The molecule has 2 N–H and O–H groups in total. The number of hydrogen-bond donors (Lipinski definition) is 2. The van der Waals surface area contributed by atoms with Gasteiger partial charge in [0.15, 0.2) is 4.67 Å². The molecule has 0 bridgehead atoms. The second-order valence-corrected chi connectivity index (χ2v) is 4.83. The lowest BCUT2D eigenvalue weighted by atomic mass is 10.3. The highest BCUT2D eigenvalue weighted by atomic mass is 79.9. The van der Waals surface area contributed by atoms with Crippen LogP contribution in [-0.2, 0) is 4.79 Å². The number of hydrogen-bond acceptors (Lipinski definition) is 4. The molecule has 0 radical (unpaired) electrons. The fourth-order valence-corrected chi connectivity index (χ4v) is 2.74. The van der Waals surface area contributed by atoms with Crippen molar-refractivity contribution in [3.8, 4) is 0 Å². The Bertz CT molecular complexity index is 354. The largest absolute Gasteiger partial charge is 0.480 e. The number of nitrogens with one attached hydrogen (secondary N) is 1. The molecule has 0 saturated carbocycles. The first-order chi connectivity index (χ1) is 6.66. The van der Waals surface area contributed by atoms with Crippen LogP contribution in [0.5, 0.6) is 0 Å². The average molecular weight is 278 g/mol. The lowest BCUT2D eigenvalue weighted by Crippen LogP contribution is -2.33. The lowest BCUT2D eigenvalue weighted by molar-refractivity contribution is -0.138. The van der Waals surface area contributed by atoms with Gasteiger partial charge >= 0.3 is 5.97 Å². The van der Waals surface area contributed by atoms with Crippen LogP contribution >= 0.6 is 27.7 Å². The summed E-state index contributed by atoms with van der Waals surface area (Å²) in [7, 11) is 0. The quantitative estimate of drug-likeness (QED) is 0.864. The van der Waals surface area contributed by atoms with Gasteiger partial charge in [-0.25, -0.2) is 0 Å². The molecule has 4 nitrogen and oxygen atoms in total. The van der Waals surface area contributed by atoms with Crippen LogP contribution in [0.4, 0.5) is 0 Å². The Balaban J connectivity index is 2.05. The summed E-state index contributed by atoms with van der Waals surface area (Å²) in [5, 5.41) is 11.7. The second kappa shape index (κ2) is 3.96. The molecule has 0 aliphatic carbocycles. The van der Waals surface area contributed by atoms with Gasteiger partial charge in [0.25, 0.3) is 0 Å². The van der Waals surface area contributed by atoms with Gasteiger partial charge in [0.1, 0.15) is 17.2 Å². The van der Waals surface area contributed by atoms with Crippen LogP contribution in [0.3, 0.4) is 0 Å². The van der Waals surface area contributed by atoms with Gasteiger partial charge in [0, 0.05) is 5.75 Å². The van der Waals surface area contributed by atoms with Crippen molar-refractivity contribution in [3.63, 3.8) is 0 Å². The standard InChI is InChI=1S/C8H8BrNO3S/c9-6-2-1-5(13-6)7-10-4(3-14-7)8(11)12/h1-2,4,7,10H,3H2,(H,11,12)/t4-,7?/m1/s1. The fourth-order valence-electron chi connectivity index (χ4n) is 1.25. The van der Waals surface area contributed by atoms with E-state index in [4.69, 9.17) is 9.52 Å². The third kappa shape index (κ3) is 1.97. The van der Waals surface area contributed by atoms with Gasteiger partial charge in [0.2, 0.25) is 0 Å². The van der Waals surface area contributed by atoms with Crippen molar-refractivity contribution < 1.29 is 14.3 Å². The zero-order valence-electron chi connectivity index (χ0n) is 7.07. The van der Waals surface area contributed by atoms with E-state index in [-0.39, 0.29) is 5.37 Å². The fraction of sp³-hybridized carbons (Fsp3) is 0.375. The maximum atomic E-state index is 10.7. The molecule has 1 unspecified atom stereocenters. The van der Waals surface area contributed by atoms with Crippen molar-refractivity contribution >= 4 is 33.7 Å². The number of thioether (sulfide) groups is 1. The first kappa shape index (κ1) is 10.1. The van der Waals surface area contributed by atoms with Crippen LogP contribution in [0.15, 0.2) is 21.2 Å². The highest BCUT2D eigenvalue weighted by Crippen LogP contribution is 2.34. The van der Waals surface area contributed by atoms with E-state index in [1.165, 1.54) is 11.8 Å². The molecule has 2 heterocycles. The Morgan fingerprint density at radius 3 is 3.00 bits per heavy atom. The van der Waals surface area contributed by atoms with Crippen LogP contribution in [0.25, 0.3) is 0 Å². The van der Waals surface area contributed by atoms with E-state index in [1.54, 1.807) is 6.07 Å². The van der Waals surface area contributed by atoms with E-state index >= 15 is 0 Å². The molecule has 76 valence electrons. The van der Waals surface area contributed by atoms with Gasteiger partial charge in [-0.1, -0.05) is 0 Å². The molecule has 0 aromatic carbocycles. The molecule has 1 aliphatic heterocycles. The molecule has 1 aromatic heterocycles. The van der Waals surface area contributed by atoms with E-state index in [0.717, 1.165) is 5.76 Å². The molecule has 2 rings (SSSR count). The van der Waals surface area contributed by atoms with E-state index in [2.05, 4.69) is 21.2 Å². The topological polar surface area (TPSA) is 62.5 Å². The van der Waals surface area contributed by atoms with Crippen LogP contribution < -0.4 is 5.32 Å². The SMILES string of the molecule is O=C(O)[C@H]1CSC(c2ccc(Br)o2)N1. The maximum Gasteiger partial charge on any atom is 0.321 e. The number of furan rings is 1. The molecule has 6 heteroatoms. The van der Waals surface area contributed by atoms with E-state index in [0.29, 0.717) is 10.4 Å². The van der Waals surface area contributed by atoms with Gasteiger partial charge in [0.05, 0.1) is 0 Å². The molecular weight excluding hydrogens is 270 g/mol. The number of carboxylic acid groups (broad SMARTS) is 1. The molecule has 1 saturated heterocycles. The smallest absolute Gasteiger partial charge is 0.321 e. The molecule has 0 spiro atoms. The van der Waals surface area contributed by atoms with Gasteiger partial charge in [-0.05, 0) is 28.1 Å². The molecular formula is C8H8BrNO3S. The van der Waals surface area contributed by atoms with Crippen LogP contribution in [0, 0.1) is 0 Å². The molecule has 1 aromatic rings. The summed E-state index contributed by atoms with van der Waals surface area (Å²) < 4.78 is 6.00. The minimum absolute atomic E-state index is 0.0533. The van der Waals surface area contributed by atoms with Gasteiger partial charge in [-0.3, -0.25) is 10.1 Å². The predicted molar refractivity (Wildman–Crippen MR) is 56.2 cm³/mol. The number of halogens is 1. The summed E-state index contributed by atoms with van der Waals surface area (Å²) in [6.07, 6.45) is 0. The molecule has 14 heavy (non-hydrogen) atoms. The Morgan fingerprint density at radius 1 is 1.71 bits per heavy atom. The van der Waals surface area contributed by atoms with Gasteiger partial charge in [-0.15, -0.1) is 11.8 Å². The van der Waals surface area contributed by atoms with Crippen LogP contribution in [0.1, 0.15) is 11.1 Å². The number of aliphatic carboxylic acids is 1. The van der Waals surface area contributed by atoms with Gasteiger partial charge in [-0.2, -0.15) is 0 Å². The minimum atomic E-state index is -0.814. The first-order valence-corrected chi connectivity index (χ1v) is 5.86. The third-order valence-corrected chi connectivity index (χ3v) is 3.59. The summed E-state index contributed by atoms with van der Waals surface area (Å²) in [6, 6.07) is 3.15. The highest BCUT2D eigenvalue weighted by Gasteiger charge is 2.31. The van der Waals surface area contributed by atoms with Crippen molar-refractivity contribution in [1.82, 2.24) is 5.32 Å². The van der Waals surface area contributed by atoms with Crippen LogP contribution in [0.2, 0.25) is 0 Å². The lowest BCUT2D eigenvalue weighted by Gasteiger charge is -2.06. The predicted octanol–water partition coefficient (Wildman–Crippen LogP) is 1.83. The van der Waals surface area contributed by atoms with Crippen LogP contribution in [-0.4, -0.2) is 22.9 Å². The number of carboxylic acids is 1. The van der Waals surface area contributed by atoms with E-state index in [9.17, 15) is 4.79 Å². The zero-order valence-corrected chi connectivity index (χ0v) is 9.47. The van der Waals surface area contributed by atoms with Crippen molar-refractivity contribution in [3.05, 3.63) is 22.6 Å². The first-order valence-electron chi connectivity index (χ1n) is 4.02. The normalized spacial score (nSPS) is 26.6. The molecule has 2 atom stereocenters. The zero-order chi connectivity index (χ0) is 10.1. The highest BCUT2D eigenvalue weighted by molar-refractivity contribution is 9.10. The molecule has 1 fully saturated rings. The van der Waals surface area contributed by atoms with E-state index in [1.807, 2.05) is 6.07 Å². The minimum Gasteiger partial charge on any atom is -0.480 e. The van der Waals surface area contributed by atoms with Crippen molar-refractivity contribution in [2.45, 2.75) is 11.4 Å². The Kier molecular flexibility index (Phi) is 2.85. The average Bonchev–Trinajstić information content (AvgIpc) is 2.70. The van der Waals surface area contributed by atoms with E-state index < -0.39 is 12.0 Å². The maximum absolute atomic E-state index is 10.7. The van der Waals surface area contributed by atoms with Gasteiger partial charge < -0.3 is 9.52 Å². The van der Waals surface area contributed by atoms with Crippen molar-refractivity contribution in [2.75, 3.05) is 5.75 Å². The molecule has 1 aliphatic rings. The summed E-state index contributed by atoms with van der Waals surface area (Å²) in [4.78, 5) is 10.7. The summed E-state index contributed by atoms with van der Waals surface area (Å²) in [5.41, 5.74) is 0. The van der Waals surface area contributed by atoms with Crippen molar-refractivity contribution in [2.24, 2.45) is 0 Å². The monoisotopic (exact) mass is 277 g/mol. The Labute approximate surface area is 93.2 Å². The second-order valence-electron chi connectivity index (χ2n) is 2.91. The van der Waals surface area contributed by atoms with Crippen molar-refractivity contribution in [1.29, 1.82) is 0 Å². The summed E-state index contributed by atoms with van der Waals surface area (Å²) in [5.74, 6) is 0.509. The Morgan fingerprint density at radius 2 is 2.50 bits per heavy atom.